The third-order valence-electron chi connectivity index (χ3n) is 2.86. The minimum atomic E-state index is 0.694. The molecule has 0 N–H and O–H groups in total. The number of hydrogen-bond donors (Lipinski definition) is 0. The minimum absolute atomic E-state index is 0.694. The van der Waals surface area contributed by atoms with Gasteiger partial charge in [-0.15, -0.1) is 0 Å². The molecule has 4 heteroatoms. The van der Waals surface area contributed by atoms with Crippen LogP contribution in [0.4, 0.5) is 0 Å². The lowest BCUT2D eigenvalue weighted by atomic mass is 10.1. The largest absolute Gasteiger partial charge is 0.248 e. The van der Waals surface area contributed by atoms with E-state index in [1.807, 2.05) is 30.3 Å². The van der Waals surface area contributed by atoms with E-state index in [1.165, 1.54) is 5.56 Å². The zero-order valence-corrected chi connectivity index (χ0v) is 10.5. The second kappa shape index (κ2) is 4.35. The van der Waals surface area contributed by atoms with Crippen LogP contribution in [-0.2, 0) is 0 Å². The number of hydrogen-bond acceptors (Lipinski definition) is 3. The number of pyridine rings is 1. The molecule has 0 atom stereocenters. The Morgan fingerprint density at radius 2 is 1.94 bits per heavy atom. The van der Waals surface area contributed by atoms with Gasteiger partial charge in [-0.2, -0.15) is 10.2 Å². The number of nitrogens with zero attached hydrogens (tertiary/aromatic N) is 3. The van der Waals surface area contributed by atoms with Gasteiger partial charge in [0.2, 0.25) is 0 Å². The molecule has 18 heavy (non-hydrogen) atoms. The maximum Gasteiger partial charge on any atom is 0.0729 e. The molecular formula is C14H10ClN3. The van der Waals surface area contributed by atoms with E-state index < -0.39 is 0 Å². The zero-order valence-electron chi connectivity index (χ0n) is 9.76. The smallest absolute Gasteiger partial charge is 0.0729 e. The number of benzene rings is 1. The lowest BCUT2D eigenvalue weighted by Crippen LogP contribution is -1.90. The lowest BCUT2D eigenvalue weighted by Gasteiger charge is -2.06. The van der Waals surface area contributed by atoms with Crippen LogP contribution < -0.4 is 0 Å². The summed E-state index contributed by atoms with van der Waals surface area (Å²) in [4.78, 5) is 4.61. The van der Waals surface area contributed by atoms with Gasteiger partial charge in [-0.05, 0) is 36.8 Å². The molecular weight excluding hydrogens is 246 g/mol. The van der Waals surface area contributed by atoms with E-state index in [4.69, 9.17) is 11.6 Å². The summed E-state index contributed by atoms with van der Waals surface area (Å²) in [6, 6.07) is 9.70. The van der Waals surface area contributed by atoms with Crippen LogP contribution in [0, 0.1) is 6.92 Å². The summed E-state index contributed by atoms with van der Waals surface area (Å²) >= 11 is 6.01. The van der Waals surface area contributed by atoms with Gasteiger partial charge in [-0.3, -0.25) is 0 Å². The Labute approximate surface area is 109 Å². The molecule has 0 bridgehead atoms. The van der Waals surface area contributed by atoms with Crippen LogP contribution in [0.5, 0.6) is 0 Å². The Morgan fingerprint density at radius 1 is 1.06 bits per heavy atom. The van der Waals surface area contributed by atoms with Crippen molar-refractivity contribution in [2.75, 3.05) is 0 Å². The third-order valence-corrected chi connectivity index (χ3v) is 3.09. The number of halogens is 1. The van der Waals surface area contributed by atoms with Crippen molar-refractivity contribution >= 4 is 22.5 Å². The fraction of sp³-hybridized carbons (Fsp3) is 0.0714. The quantitative estimate of drug-likeness (QED) is 0.666. The molecule has 3 aromatic rings. The van der Waals surface area contributed by atoms with Crippen LogP contribution in [0.1, 0.15) is 5.56 Å². The number of rotatable bonds is 1. The molecule has 0 aliphatic heterocycles. The van der Waals surface area contributed by atoms with Gasteiger partial charge in [0, 0.05) is 16.0 Å². The standard InChI is InChI=1S/C14H10ClN3/c1-9-6-13(10-4-5-16-17-8-10)18-14-7-11(15)2-3-12(9)14/h2-8H,1H3. The fourth-order valence-corrected chi connectivity index (χ4v) is 2.13. The number of aryl methyl sites for hydroxylation is 1. The molecule has 0 saturated heterocycles. The van der Waals surface area contributed by atoms with E-state index >= 15 is 0 Å². The van der Waals surface area contributed by atoms with Crippen LogP contribution in [0.3, 0.4) is 0 Å². The Morgan fingerprint density at radius 3 is 2.72 bits per heavy atom. The van der Waals surface area contributed by atoms with E-state index in [-0.39, 0.29) is 0 Å². The lowest BCUT2D eigenvalue weighted by molar-refractivity contribution is 1.03. The first-order valence-electron chi connectivity index (χ1n) is 5.58. The molecule has 3 rings (SSSR count). The zero-order chi connectivity index (χ0) is 12.5. The monoisotopic (exact) mass is 255 g/mol. The second-order valence-corrected chi connectivity index (χ2v) is 4.55. The van der Waals surface area contributed by atoms with Crippen molar-refractivity contribution < 1.29 is 0 Å². The Bertz CT molecular complexity index is 711. The van der Waals surface area contributed by atoms with Gasteiger partial charge >= 0.3 is 0 Å². The first-order chi connectivity index (χ1) is 8.74. The molecule has 2 heterocycles. The molecule has 88 valence electrons. The summed E-state index contributed by atoms with van der Waals surface area (Å²) in [5.74, 6) is 0. The normalized spacial score (nSPS) is 10.8. The Kier molecular flexibility index (Phi) is 2.68. The summed E-state index contributed by atoms with van der Waals surface area (Å²) in [5, 5.41) is 9.45. The van der Waals surface area contributed by atoms with Gasteiger partial charge in [0.05, 0.1) is 23.6 Å². The summed E-state index contributed by atoms with van der Waals surface area (Å²) in [7, 11) is 0. The van der Waals surface area contributed by atoms with Crippen LogP contribution >= 0.6 is 11.6 Å². The molecule has 0 amide bonds. The van der Waals surface area contributed by atoms with E-state index in [2.05, 4.69) is 22.1 Å². The van der Waals surface area contributed by atoms with Crippen LogP contribution in [0.2, 0.25) is 5.02 Å². The summed E-state index contributed by atoms with van der Waals surface area (Å²) in [5.41, 5.74) is 3.91. The average Bonchev–Trinajstić information content (AvgIpc) is 2.39. The van der Waals surface area contributed by atoms with E-state index in [1.54, 1.807) is 12.4 Å². The highest BCUT2D eigenvalue weighted by Crippen LogP contribution is 2.25. The highest BCUT2D eigenvalue weighted by Gasteiger charge is 2.05. The Balaban J connectivity index is 2.27. The Hall–Kier alpha value is -2.00. The highest BCUT2D eigenvalue weighted by atomic mass is 35.5. The molecule has 3 nitrogen and oxygen atoms in total. The molecule has 2 aromatic heterocycles. The predicted octanol–water partition coefficient (Wildman–Crippen LogP) is 3.65. The van der Waals surface area contributed by atoms with Crippen molar-refractivity contribution in [3.05, 3.63) is 53.3 Å². The SMILES string of the molecule is Cc1cc(-c2ccnnc2)nc2cc(Cl)ccc12. The topological polar surface area (TPSA) is 38.7 Å². The molecule has 0 saturated carbocycles. The number of aromatic nitrogens is 3. The third kappa shape index (κ3) is 1.93. The molecule has 0 spiro atoms. The van der Waals surface area contributed by atoms with Crippen molar-refractivity contribution in [2.24, 2.45) is 0 Å². The first kappa shape index (κ1) is 11.1. The second-order valence-electron chi connectivity index (χ2n) is 4.12. The molecule has 0 aliphatic carbocycles. The maximum atomic E-state index is 6.01. The minimum Gasteiger partial charge on any atom is -0.248 e. The van der Waals surface area contributed by atoms with Gasteiger partial charge in [0.25, 0.3) is 0 Å². The van der Waals surface area contributed by atoms with E-state index in [0.29, 0.717) is 5.02 Å². The van der Waals surface area contributed by atoms with Crippen molar-refractivity contribution in [3.8, 4) is 11.3 Å². The van der Waals surface area contributed by atoms with Crippen LogP contribution in [0.25, 0.3) is 22.2 Å². The van der Waals surface area contributed by atoms with Gasteiger partial charge in [0.15, 0.2) is 0 Å². The predicted molar refractivity (Wildman–Crippen MR) is 72.5 cm³/mol. The van der Waals surface area contributed by atoms with Crippen molar-refractivity contribution in [2.45, 2.75) is 6.92 Å². The van der Waals surface area contributed by atoms with Crippen molar-refractivity contribution in [3.63, 3.8) is 0 Å². The summed E-state index contributed by atoms with van der Waals surface area (Å²) in [6.07, 6.45) is 3.37. The van der Waals surface area contributed by atoms with Crippen molar-refractivity contribution in [1.82, 2.24) is 15.2 Å². The number of fused-ring (bicyclic) bond motifs is 1. The van der Waals surface area contributed by atoms with Gasteiger partial charge in [-0.1, -0.05) is 17.7 Å². The van der Waals surface area contributed by atoms with E-state index in [9.17, 15) is 0 Å². The van der Waals surface area contributed by atoms with Crippen molar-refractivity contribution in [1.29, 1.82) is 0 Å². The van der Waals surface area contributed by atoms with Gasteiger partial charge < -0.3 is 0 Å². The van der Waals surface area contributed by atoms with E-state index in [0.717, 1.165) is 22.2 Å². The average molecular weight is 256 g/mol. The molecule has 0 unspecified atom stereocenters. The molecule has 0 radical (unpaired) electrons. The fourth-order valence-electron chi connectivity index (χ4n) is 1.97. The van der Waals surface area contributed by atoms with Crippen LogP contribution in [-0.4, -0.2) is 15.2 Å². The molecule has 1 aromatic carbocycles. The van der Waals surface area contributed by atoms with Gasteiger partial charge in [-0.25, -0.2) is 4.98 Å². The molecule has 0 fully saturated rings. The van der Waals surface area contributed by atoms with Gasteiger partial charge in [0.1, 0.15) is 0 Å². The van der Waals surface area contributed by atoms with Crippen LogP contribution in [0.15, 0.2) is 42.7 Å². The first-order valence-corrected chi connectivity index (χ1v) is 5.96. The summed E-state index contributed by atoms with van der Waals surface area (Å²) < 4.78 is 0. The molecule has 0 aliphatic rings. The maximum absolute atomic E-state index is 6.01. The summed E-state index contributed by atoms with van der Waals surface area (Å²) in [6.45, 7) is 2.07. The highest BCUT2D eigenvalue weighted by molar-refractivity contribution is 6.31.